The number of rotatable bonds is 4. The lowest BCUT2D eigenvalue weighted by molar-refractivity contribution is -0.385. The van der Waals surface area contributed by atoms with Gasteiger partial charge in [-0.2, -0.15) is 11.8 Å². The van der Waals surface area contributed by atoms with Crippen molar-refractivity contribution in [1.82, 2.24) is 0 Å². The summed E-state index contributed by atoms with van der Waals surface area (Å²) in [6.45, 7) is 0. The van der Waals surface area contributed by atoms with Gasteiger partial charge in [0.15, 0.2) is 5.75 Å². The highest BCUT2D eigenvalue weighted by molar-refractivity contribution is 7.99. The van der Waals surface area contributed by atoms with Crippen LogP contribution in [0.5, 0.6) is 5.75 Å². The Morgan fingerprint density at radius 2 is 2.17 bits per heavy atom. The Morgan fingerprint density at radius 3 is 2.78 bits per heavy atom. The summed E-state index contributed by atoms with van der Waals surface area (Å²) in [5.74, 6) is 2.64. The molecule has 0 amide bonds. The molecule has 98 valence electrons. The molecule has 1 aliphatic heterocycles. The fourth-order valence-electron chi connectivity index (χ4n) is 2.00. The summed E-state index contributed by atoms with van der Waals surface area (Å²) in [7, 11) is 1.45. The minimum Gasteiger partial charge on any atom is -0.490 e. The first-order chi connectivity index (χ1) is 8.70. The Balaban J connectivity index is 2.11. The summed E-state index contributed by atoms with van der Waals surface area (Å²) < 4.78 is 5.05. The minimum absolute atomic E-state index is 0.00208. The zero-order valence-corrected chi connectivity index (χ0v) is 11.0. The highest BCUT2D eigenvalue weighted by Gasteiger charge is 2.17. The fraction of sp³-hybridized carbons (Fsp3) is 0.500. The predicted molar refractivity (Wildman–Crippen MR) is 73.6 cm³/mol. The molecule has 1 N–H and O–H groups in total. The Kier molecular flexibility index (Phi) is 4.30. The van der Waals surface area contributed by atoms with Gasteiger partial charge in [0, 0.05) is 23.9 Å². The standard InChI is InChI=1S/C12H16N2O3S/c1-17-12-8-10(2-3-11(12)14(15)16)13-9-4-6-18-7-5-9/h2-3,8-9,13H,4-7H2,1H3. The van der Waals surface area contributed by atoms with Crippen LogP contribution in [0.15, 0.2) is 18.2 Å². The van der Waals surface area contributed by atoms with Crippen LogP contribution < -0.4 is 10.1 Å². The minimum atomic E-state index is -0.431. The largest absolute Gasteiger partial charge is 0.490 e. The van der Waals surface area contributed by atoms with Gasteiger partial charge in [-0.1, -0.05) is 0 Å². The van der Waals surface area contributed by atoms with E-state index in [1.165, 1.54) is 24.7 Å². The second-order valence-electron chi connectivity index (χ2n) is 4.17. The van der Waals surface area contributed by atoms with Crippen LogP contribution in [0.4, 0.5) is 11.4 Å². The summed E-state index contributed by atoms with van der Waals surface area (Å²) in [6, 6.07) is 5.37. The number of thioether (sulfide) groups is 1. The van der Waals surface area contributed by atoms with Gasteiger partial charge in [0.2, 0.25) is 0 Å². The smallest absolute Gasteiger partial charge is 0.311 e. The molecule has 0 aromatic heterocycles. The summed E-state index contributed by atoms with van der Waals surface area (Å²) in [6.07, 6.45) is 2.26. The summed E-state index contributed by atoms with van der Waals surface area (Å²) in [5.41, 5.74) is 0.886. The number of hydrogen-bond donors (Lipinski definition) is 1. The van der Waals surface area contributed by atoms with Gasteiger partial charge in [-0.25, -0.2) is 0 Å². The molecule has 1 aromatic carbocycles. The lowest BCUT2D eigenvalue weighted by Crippen LogP contribution is -2.24. The number of nitro benzene ring substituents is 1. The first-order valence-electron chi connectivity index (χ1n) is 5.87. The third kappa shape index (κ3) is 3.07. The molecule has 0 radical (unpaired) electrons. The lowest BCUT2D eigenvalue weighted by atomic mass is 10.1. The van der Waals surface area contributed by atoms with Gasteiger partial charge in [-0.05, 0) is 30.4 Å². The average molecular weight is 268 g/mol. The molecular formula is C12H16N2O3S. The van der Waals surface area contributed by atoms with Gasteiger partial charge in [-0.3, -0.25) is 10.1 Å². The van der Waals surface area contributed by atoms with Crippen LogP contribution in [0.25, 0.3) is 0 Å². The van der Waals surface area contributed by atoms with Crippen LogP contribution in [0.3, 0.4) is 0 Å². The molecule has 1 fully saturated rings. The van der Waals surface area contributed by atoms with E-state index in [1.54, 1.807) is 12.1 Å². The lowest BCUT2D eigenvalue weighted by Gasteiger charge is -2.23. The summed E-state index contributed by atoms with van der Waals surface area (Å²) in [4.78, 5) is 10.4. The molecule has 0 bridgehead atoms. The monoisotopic (exact) mass is 268 g/mol. The topological polar surface area (TPSA) is 64.4 Å². The van der Waals surface area contributed by atoms with Gasteiger partial charge in [0.1, 0.15) is 0 Å². The van der Waals surface area contributed by atoms with E-state index in [0.29, 0.717) is 11.8 Å². The third-order valence-electron chi connectivity index (χ3n) is 2.97. The first-order valence-corrected chi connectivity index (χ1v) is 7.03. The quantitative estimate of drug-likeness (QED) is 0.672. The number of ether oxygens (including phenoxy) is 1. The number of anilines is 1. The number of hydrogen-bond acceptors (Lipinski definition) is 5. The normalized spacial score (nSPS) is 16.3. The van der Waals surface area contributed by atoms with E-state index in [2.05, 4.69) is 5.32 Å². The molecule has 5 nitrogen and oxygen atoms in total. The molecule has 1 aromatic rings. The fourth-order valence-corrected chi connectivity index (χ4v) is 3.10. The van der Waals surface area contributed by atoms with E-state index >= 15 is 0 Å². The number of nitrogens with one attached hydrogen (secondary N) is 1. The van der Waals surface area contributed by atoms with E-state index in [0.717, 1.165) is 18.5 Å². The van der Waals surface area contributed by atoms with Gasteiger partial charge in [0.25, 0.3) is 0 Å². The predicted octanol–water partition coefficient (Wildman–Crippen LogP) is 2.91. The second kappa shape index (κ2) is 5.95. The molecule has 2 rings (SSSR count). The zero-order valence-electron chi connectivity index (χ0n) is 10.2. The average Bonchev–Trinajstić information content (AvgIpc) is 2.39. The second-order valence-corrected chi connectivity index (χ2v) is 5.40. The zero-order chi connectivity index (χ0) is 13.0. The van der Waals surface area contributed by atoms with Crippen LogP contribution in [0.2, 0.25) is 0 Å². The van der Waals surface area contributed by atoms with Crippen molar-refractivity contribution < 1.29 is 9.66 Å². The highest BCUT2D eigenvalue weighted by atomic mass is 32.2. The van der Waals surface area contributed by atoms with E-state index in [4.69, 9.17) is 4.74 Å². The highest BCUT2D eigenvalue weighted by Crippen LogP contribution is 2.30. The maximum Gasteiger partial charge on any atom is 0.311 e. The van der Waals surface area contributed by atoms with Gasteiger partial charge < -0.3 is 10.1 Å². The van der Waals surface area contributed by atoms with Crippen LogP contribution in [-0.4, -0.2) is 29.6 Å². The van der Waals surface area contributed by atoms with Gasteiger partial charge >= 0.3 is 5.69 Å². The van der Waals surface area contributed by atoms with Crippen LogP contribution in [-0.2, 0) is 0 Å². The van der Waals surface area contributed by atoms with Crippen LogP contribution in [0, 0.1) is 10.1 Å². The van der Waals surface area contributed by atoms with Gasteiger partial charge in [0.05, 0.1) is 12.0 Å². The van der Waals surface area contributed by atoms with Crippen molar-refractivity contribution in [3.05, 3.63) is 28.3 Å². The Labute approximate surface area is 110 Å². The van der Waals surface area contributed by atoms with E-state index in [1.807, 2.05) is 11.8 Å². The van der Waals surface area contributed by atoms with E-state index in [-0.39, 0.29) is 5.69 Å². The van der Waals surface area contributed by atoms with Crippen molar-refractivity contribution in [2.24, 2.45) is 0 Å². The summed E-state index contributed by atoms with van der Waals surface area (Å²) in [5, 5.41) is 14.2. The first kappa shape index (κ1) is 13.0. The molecule has 0 aliphatic carbocycles. The molecule has 6 heteroatoms. The Bertz CT molecular complexity index is 433. The van der Waals surface area contributed by atoms with Crippen molar-refractivity contribution in [2.45, 2.75) is 18.9 Å². The van der Waals surface area contributed by atoms with E-state index < -0.39 is 4.92 Å². The Morgan fingerprint density at radius 1 is 1.44 bits per heavy atom. The third-order valence-corrected chi connectivity index (χ3v) is 4.02. The van der Waals surface area contributed by atoms with Crippen molar-refractivity contribution in [3.63, 3.8) is 0 Å². The molecule has 0 saturated carbocycles. The van der Waals surface area contributed by atoms with Crippen molar-refractivity contribution in [2.75, 3.05) is 23.9 Å². The maximum atomic E-state index is 10.8. The molecule has 18 heavy (non-hydrogen) atoms. The molecule has 0 spiro atoms. The summed E-state index contributed by atoms with van der Waals surface area (Å²) >= 11 is 1.97. The number of nitro groups is 1. The molecule has 1 aliphatic rings. The number of nitrogens with zero attached hydrogens (tertiary/aromatic N) is 1. The van der Waals surface area contributed by atoms with Crippen molar-refractivity contribution in [3.8, 4) is 5.75 Å². The Hall–Kier alpha value is -1.43. The van der Waals surface area contributed by atoms with Crippen molar-refractivity contribution in [1.29, 1.82) is 0 Å². The molecule has 0 unspecified atom stereocenters. The molecular weight excluding hydrogens is 252 g/mol. The van der Waals surface area contributed by atoms with Crippen LogP contribution in [0.1, 0.15) is 12.8 Å². The number of benzene rings is 1. The number of methoxy groups -OCH3 is 1. The SMILES string of the molecule is COc1cc(NC2CCSCC2)ccc1[N+](=O)[O-]. The molecule has 0 atom stereocenters. The van der Waals surface area contributed by atoms with Crippen LogP contribution >= 0.6 is 11.8 Å². The maximum absolute atomic E-state index is 10.8. The van der Waals surface area contributed by atoms with Crippen molar-refractivity contribution >= 4 is 23.1 Å². The molecule has 1 saturated heterocycles. The van der Waals surface area contributed by atoms with E-state index in [9.17, 15) is 10.1 Å². The van der Waals surface area contributed by atoms with Gasteiger partial charge in [-0.15, -0.1) is 0 Å². The molecule has 1 heterocycles.